The molecule has 1 aliphatic heterocycles. The van der Waals surface area contributed by atoms with Crippen LogP contribution < -0.4 is 0 Å². The average molecular weight is 190 g/mol. The molecule has 0 amide bonds. The van der Waals surface area contributed by atoms with Gasteiger partial charge in [0.2, 0.25) is 0 Å². The predicted molar refractivity (Wildman–Crippen MR) is 45.0 cm³/mol. The number of hydrogen-bond donors (Lipinski definition) is 1. The van der Waals surface area contributed by atoms with E-state index in [0.29, 0.717) is 4.32 Å². The Morgan fingerprint density at radius 1 is 1.75 bits per heavy atom. The summed E-state index contributed by atoms with van der Waals surface area (Å²) >= 11 is 10.00. The maximum atomic E-state index is 4.65. The minimum atomic E-state index is -0.0486. The van der Waals surface area contributed by atoms with Gasteiger partial charge in [-0.05, 0) is 12.2 Å². The topological polar surface area (TPSA) is 24.7 Å². The fourth-order valence-electron chi connectivity index (χ4n) is 0.234. The molecule has 6 heteroatoms. The summed E-state index contributed by atoms with van der Waals surface area (Å²) in [7, 11) is 0. The molecule has 0 saturated carbocycles. The van der Waals surface area contributed by atoms with E-state index in [0.717, 1.165) is 0 Å². The van der Waals surface area contributed by atoms with Crippen molar-refractivity contribution < 1.29 is 0 Å². The van der Waals surface area contributed by atoms with Crippen LogP contribution in [0.2, 0.25) is 0 Å². The molecular weight excluding hydrogens is 187 g/mol. The van der Waals surface area contributed by atoms with E-state index in [1.54, 1.807) is 0 Å². The summed E-state index contributed by atoms with van der Waals surface area (Å²) in [5, 5.41) is 7.19. The summed E-state index contributed by atoms with van der Waals surface area (Å²) in [6.07, 6.45) is 0. The van der Waals surface area contributed by atoms with Crippen LogP contribution in [0.3, 0.4) is 0 Å². The van der Waals surface area contributed by atoms with Crippen LogP contribution in [-0.2, 0) is 0 Å². The van der Waals surface area contributed by atoms with Crippen LogP contribution in [-0.4, -0.2) is 60.4 Å². The molecule has 0 radical (unpaired) electrons. The Kier molecular flexibility index (Phi) is 5.99. The van der Waals surface area contributed by atoms with Crippen molar-refractivity contribution in [3.63, 3.8) is 0 Å². The first-order valence-corrected chi connectivity index (χ1v) is 3.39. The van der Waals surface area contributed by atoms with Crippen molar-refractivity contribution in [3.8, 4) is 0 Å². The first-order valence-electron chi connectivity index (χ1n) is 1.58. The van der Waals surface area contributed by atoms with E-state index in [4.69, 9.17) is 0 Å². The van der Waals surface area contributed by atoms with Crippen molar-refractivity contribution >= 4 is 92.3 Å². The molecule has 1 rings (SSSR count). The molecule has 0 saturated heterocycles. The average Bonchev–Trinajstić information content (AvgIpc) is 1.87. The SMILES string of the molecule is S=C1N=NC(S)S1.[KH]. The third-order valence-electron chi connectivity index (χ3n) is 0.444. The first-order chi connectivity index (χ1) is 3.29. The van der Waals surface area contributed by atoms with Gasteiger partial charge in [-0.3, -0.25) is 0 Å². The predicted octanol–water partition coefficient (Wildman–Crippen LogP) is 1.04. The molecule has 8 heavy (non-hydrogen) atoms. The molecule has 1 atom stereocenters. The van der Waals surface area contributed by atoms with E-state index in [1.807, 2.05) is 0 Å². The molecule has 1 heterocycles. The van der Waals surface area contributed by atoms with Gasteiger partial charge in [0.05, 0.1) is 0 Å². The van der Waals surface area contributed by atoms with E-state index in [2.05, 4.69) is 35.1 Å². The quantitative estimate of drug-likeness (QED) is 0.351. The molecule has 0 spiro atoms. The summed E-state index contributed by atoms with van der Waals surface area (Å²) in [6, 6.07) is 0. The Hall–Kier alpha value is 2.03. The fraction of sp³-hybridized carbons (Fsp3) is 0.500. The van der Waals surface area contributed by atoms with Crippen LogP contribution in [0, 0.1) is 0 Å². The van der Waals surface area contributed by atoms with Crippen LogP contribution in [0.5, 0.6) is 0 Å². The number of nitrogens with zero attached hydrogens (tertiary/aromatic N) is 2. The summed E-state index contributed by atoms with van der Waals surface area (Å²) in [5.41, 5.74) is 0. The number of thiol groups is 1. The molecule has 0 N–H and O–H groups in total. The Balaban J connectivity index is 0.000000490. The minimum absolute atomic E-state index is 0. The summed E-state index contributed by atoms with van der Waals surface area (Å²) in [5.74, 6) is 0. The second-order valence-corrected chi connectivity index (χ2v) is 3.48. The van der Waals surface area contributed by atoms with E-state index in [9.17, 15) is 0 Å². The van der Waals surface area contributed by atoms with Gasteiger partial charge in [0.15, 0.2) is 9.03 Å². The number of azo groups is 1. The molecule has 1 unspecified atom stereocenters. The van der Waals surface area contributed by atoms with Gasteiger partial charge in [-0.25, -0.2) is 0 Å². The molecule has 0 aliphatic carbocycles. The van der Waals surface area contributed by atoms with Crippen LogP contribution in [0.15, 0.2) is 10.2 Å². The van der Waals surface area contributed by atoms with Gasteiger partial charge in [0, 0.05) is 0 Å². The van der Waals surface area contributed by atoms with Crippen molar-refractivity contribution in [1.29, 1.82) is 0 Å². The molecule has 0 aromatic carbocycles. The molecule has 0 aromatic heterocycles. The van der Waals surface area contributed by atoms with E-state index in [1.165, 1.54) is 11.8 Å². The molecule has 40 valence electrons. The van der Waals surface area contributed by atoms with Gasteiger partial charge in [-0.1, -0.05) is 11.8 Å². The zero-order valence-corrected chi connectivity index (χ0v) is 5.76. The van der Waals surface area contributed by atoms with Crippen LogP contribution >= 0.6 is 36.6 Å². The second kappa shape index (κ2) is 4.78. The number of rotatable bonds is 0. The standard InChI is InChI=1S/C2H2N2S3.K.H/c5-1-3-4-2(6)7-1;;/h1,5H;;. The molecule has 0 aromatic rings. The third kappa shape index (κ3) is 3.26. The summed E-state index contributed by atoms with van der Waals surface area (Å²) in [4.78, 5) is 0. The Bertz CT molecular complexity index is 124. The zero-order valence-electron chi connectivity index (χ0n) is 3.24. The molecule has 1 aliphatic rings. The van der Waals surface area contributed by atoms with Gasteiger partial charge < -0.3 is 0 Å². The van der Waals surface area contributed by atoms with Gasteiger partial charge in [-0.2, -0.15) is 5.11 Å². The number of hydrogen-bond acceptors (Lipinski definition) is 4. The van der Waals surface area contributed by atoms with Crippen LogP contribution in [0.1, 0.15) is 0 Å². The molecule has 0 bridgehead atoms. The molecule has 0 fully saturated rings. The van der Waals surface area contributed by atoms with Gasteiger partial charge in [0.1, 0.15) is 0 Å². The Morgan fingerprint density at radius 2 is 2.38 bits per heavy atom. The van der Waals surface area contributed by atoms with Gasteiger partial charge >= 0.3 is 51.4 Å². The zero-order chi connectivity index (χ0) is 5.28. The monoisotopic (exact) mass is 190 g/mol. The van der Waals surface area contributed by atoms with E-state index < -0.39 is 0 Å². The fourth-order valence-corrected chi connectivity index (χ4v) is 1.49. The van der Waals surface area contributed by atoms with Crippen molar-refractivity contribution in [3.05, 3.63) is 0 Å². The number of thiocarbonyl (C=S) groups is 1. The maximum absolute atomic E-state index is 4.65. The van der Waals surface area contributed by atoms with Crippen LogP contribution in [0.25, 0.3) is 0 Å². The Labute approximate surface area is 105 Å². The van der Waals surface area contributed by atoms with Crippen molar-refractivity contribution in [1.82, 2.24) is 0 Å². The van der Waals surface area contributed by atoms with Crippen molar-refractivity contribution in [2.24, 2.45) is 10.2 Å². The summed E-state index contributed by atoms with van der Waals surface area (Å²) < 4.78 is 0.535. The molecular formula is C2H3KN2S3. The normalized spacial score (nSPS) is 25.6. The van der Waals surface area contributed by atoms with E-state index in [-0.39, 0.29) is 56.1 Å². The van der Waals surface area contributed by atoms with Crippen molar-refractivity contribution in [2.75, 3.05) is 0 Å². The summed E-state index contributed by atoms with van der Waals surface area (Å²) in [6.45, 7) is 0. The Morgan fingerprint density at radius 3 is 2.50 bits per heavy atom. The van der Waals surface area contributed by atoms with Crippen LogP contribution in [0.4, 0.5) is 0 Å². The van der Waals surface area contributed by atoms with Crippen molar-refractivity contribution in [2.45, 2.75) is 4.71 Å². The first kappa shape index (κ1) is 10.0. The molecule has 2 nitrogen and oxygen atoms in total. The van der Waals surface area contributed by atoms with Gasteiger partial charge in [0.25, 0.3) is 0 Å². The number of thioether (sulfide) groups is 1. The van der Waals surface area contributed by atoms with E-state index >= 15 is 0 Å². The third-order valence-corrected chi connectivity index (χ3v) is 1.82. The van der Waals surface area contributed by atoms with Gasteiger partial charge in [-0.15, -0.1) is 17.7 Å². The second-order valence-electron chi connectivity index (χ2n) is 0.926.